The molecule has 0 saturated carbocycles. The normalized spacial score (nSPS) is 18.5. The molecular formula is C12H20N4O3. The molecule has 1 atom stereocenters. The molecule has 1 unspecified atom stereocenters. The number of nitrogens with one attached hydrogen (secondary N) is 1. The van der Waals surface area contributed by atoms with Crippen LogP contribution in [0.3, 0.4) is 0 Å². The summed E-state index contributed by atoms with van der Waals surface area (Å²) < 4.78 is 16.4. The summed E-state index contributed by atoms with van der Waals surface area (Å²) in [5, 5.41) is 0. The van der Waals surface area contributed by atoms with E-state index in [4.69, 9.17) is 20.1 Å². The van der Waals surface area contributed by atoms with Crippen LogP contribution in [-0.2, 0) is 16.1 Å². The van der Waals surface area contributed by atoms with Gasteiger partial charge in [0.1, 0.15) is 19.0 Å². The van der Waals surface area contributed by atoms with Crippen LogP contribution in [0.4, 0.5) is 5.82 Å². The number of anilines is 1. The van der Waals surface area contributed by atoms with Gasteiger partial charge in [0.05, 0.1) is 6.10 Å². The minimum Gasteiger partial charge on any atom is -0.475 e. The van der Waals surface area contributed by atoms with Crippen LogP contribution in [0, 0.1) is 0 Å². The Balaban J connectivity index is 1.96. The Morgan fingerprint density at radius 3 is 3.11 bits per heavy atom. The molecule has 0 bridgehead atoms. The van der Waals surface area contributed by atoms with Gasteiger partial charge in [-0.2, -0.15) is 4.98 Å². The smallest absolute Gasteiger partial charge is 0.218 e. The Morgan fingerprint density at radius 2 is 2.42 bits per heavy atom. The number of hydrogen-bond donors (Lipinski definition) is 2. The molecule has 1 aliphatic rings. The van der Waals surface area contributed by atoms with Crippen LogP contribution in [0.15, 0.2) is 6.07 Å². The highest BCUT2D eigenvalue weighted by molar-refractivity contribution is 5.36. The zero-order valence-electron chi connectivity index (χ0n) is 11.1. The number of nitrogens with two attached hydrogens (primary N) is 1. The van der Waals surface area contributed by atoms with Gasteiger partial charge in [0.2, 0.25) is 5.88 Å². The van der Waals surface area contributed by atoms with E-state index in [0.29, 0.717) is 37.3 Å². The van der Waals surface area contributed by atoms with Crippen molar-refractivity contribution in [1.82, 2.24) is 9.97 Å². The molecule has 0 aliphatic carbocycles. The molecule has 0 aromatic carbocycles. The van der Waals surface area contributed by atoms with Crippen molar-refractivity contribution in [3.63, 3.8) is 0 Å². The summed E-state index contributed by atoms with van der Waals surface area (Å²) in [6.07, 6.45) is 2.27. The van der Waals surface area contributed by atoms with E-state index >= 15 is 0 Å². The van der Waals surface area contributed by atoms with Gasteiger partial charge in [0.15, 0.2) is 5.82 Å². The lowest BCUT2D eigenvalue weighted by atomic mass is 10.2. The van der Waals surface area contributed by atoms with Gasteiger partial charge in [-0.15, -0.1) is 0 Å². The fourth-order valence-corrected chi connectivity index (χ4v) is 1.83. The van der Waals surface area contributed by atoms with Gasteiger partial charge in [-0.3, -0.25) is 0 Å². The third kappa shape index (κ3) is 4.30. The highest BCUT2D eigenvalue weighted by Gasteiger charge is 2.16. The Hall–Kier alpha value is -1.44. The number of aromatic nitrogens is 2. The number of rotatable bonds is 7. The predicted octanol–water partition coefficient (Wildman–Crippen LogP) is 0.856. The summed E-state index contributed by atoms with van der Waals surface area (Å²) >= 11 is 0. The Labute approximate surface area is 112 Å². The average Bonchev–Trinajstić information content (AvgIpc) is 2.96. The lowest BCUT2D eigenvalue weighted by Gasteiger charge is -2.12. The van der Waals surface area contributed by atoms with Crippen molar-refractivity contribution in [2.45, 2.75) is 32.5 Å². The molecule has 106 valence electrons. The van der Waals surface area contributed by atoms with E-state index in [9.17, 15) is 0 Å². The SMILES string of the molecule is CCOCc1nc(NN)cc(OCC2CCCO2)n1. The third-order valence-electron chi connectivity index (χ3n) is 2.77. The number of nitrogen functional groups attached to an aromatic ring is 1. The van der Waals surface area contributed by atoms with Gasteiger partial charge in [-0.05, 0) is 19.8 Å². The predicted molar refractivity (Wildman–Crippen MR) is 69.6 cm³/mol. The van der Waals surface area contributed by atoms with Crippen molar-refractivity contribution < 1.29 is 14.2 Å². The molecule has 1 aromatic heterocycles. The second-order valence-corrected chi connectivity index (χ2v) is 4.24. The van der Waals surface area contributed by atoms with E-state index in [1.165, 1.54) is 0 Å². The quantitative estimate of drug-likeness (QED) is 0.559. The maximum atomic E-state index is 5.63. The zero-order chi connectivity index (χ0) is 13.5. The number of ether oxygens (including phenoxy) is 3. The van der Waals surface area contributed by atoms with Crippen LogP contribution >= 0.6 is 0 Å². The lowest BCUT2D eigenvalue weighted by Crippen LogP contribution is -2.18. The van der Waals surface area contributed by atoms with Gasteiger partial charge in [0, 0.05) is 19.3 Å². The van der Waals surface area contributed by atoms with Gasteiger partial charge >= 0.3 is 0 Å². The fraction of sp³-hybridized carbons (Fsp3) is 0.667. The summed E-state index contributed by atoms with van der Waals surface area (Å²) in [7, 11) is 0. The van der Waals surface area contributed by atoms with Crippen LogP contribution in [0.2, 0.25) is 0 Å². The number of hydrogen-bond acceptors (Lipinski definition) is 7. The standard InChI is InChI=1S/C12H20N4O3/c1-2-17-8-11-14-10(16-13)6-12(15-11)19-7-9-4-3-5-18-9/h6,9H,2-5,7-8,13H2,1H3,(H,14,15,16). The van der Waals surface area contributed by atoms with Crippen molar-refractivity contribution in [2.75, 3.05) is 25.2 Å². The molecule has 0 spiro atoms. The number of nitrogens with zero attached hydrogens (tertiary/aromatic N) is 2. The monoisotopic (exact) mass is 268 g/mol. The highest BCUT2D eigenvalue weighted by Crippen LogP contribution is 2.17. The maximum Gasteiger partial charge on any atom is 0.218 e. The molecule has 0 amide bonds. The largest absolute Gasteiger partial charge is 0.475 e. The second kappa shape index (κ2) is 7.22. The molecule has 7 nitrogen and oxygen atoms in total. The van der Waals surface area contributed by atoms with Crippen LogP contribution in [0.5, 0.6) is 5.88 Å². The van der Waals surface area contributed by atoms with Crippen LogP contribution in [0.1, 0.15) is 25.6 Å². The molecule has 0 radical (unpaired) electrons. The lowest BCUT2D eigenvalue weighted by molar-refractivity contribution is 0.0658. The Bertz CT molecular complexity index is 397. The van der Waals surface area contributed by atoms with Gasteiger partial charge in [-0.1, -0.05) is 0 Å². The topological polar surface area (TPSA) is 91.5 Å². The average molecular weight is 268 g/mol. The molecular weight excluding hydrogens is 248 g/mol. The summed E-state index contributed by atoms with van der Waals surface area (Å²) in [5.41, 5.74) is 2.49. The van der Waals surface area contributed by atoms with E-state index in [-0.39, 0.29) is 6.10 Å². The maximum absolute atomic E-state index is 5.63. The van der Waals surface area contributed by atoms with Gasteiger partial charge in [-0.25, -0.2) is 10.8 Å². The molecule has 1 saturated heterocycles. The zero-order valence-corrected chi connectivity index (χ0v) is 11.1. The van der Waals surface area contributed by atoms with Gasteiger partial charge < -0.3 is 19.6 Å². The van der Waals surface area contributed by atoms with Crippen molar-refractivity contribution in [2.24, 2.45) is 5.84 Å². The summed E-state index contributed by atoms with van der Waals surface area (Å²) in [6.45, 7) is 4.16. The van der Waals surface area contributed by atoms with Crippen LogP contribution in [-0.4, -0.2) is 35.9 Å². The minimum absolute atomic E-state index is 0.152. The first-order chi connectivity index (χ1) is 9.31. The van der Waals surface area contributed by atoms with Crippen molar-refractivity contribution in [1.29, 1.82) is 0 Å². The van der Waals surface area contributed by atoms with Gasteiger partial charge in [0.25, 0.3) is 0 Å². The van der Waals surface area contributed by atoms with Crippen LogP contribution in [0.25, 0.3) is 0 Å². The van der Waals surface area contributed by atoms with E-state index in [0.717, 1.165) is 19.4 Å². The van der Waals surface area contributed by atoms with Crippen LogP contribution < -0.4 is 16.0 Å². The van der Waals surface area contributed by atoms with E-state index < -0.39 is 0 Å². The second-order valence-electron chi connectivity index (χ2n) is 4.24. The van der Waals surface area contributed by atoms with E-state index in [1.807, 2.05) is 6.92 Å². The molecule has 1 aromatic rings. The first-order valence-electron chi connectivity index (χ1n) is 6.48. The Morgan fingerprint density at radius 1 is 1.53 bits per heavy atom. The molecule has 19 heavy (non-hydrogen) atoms. The molecule has 7 heteroatoms. The molecule has 1 fully saturated rings. The summed E-state index contributed by atoms with van der Waals surface area (Å²) in [5.74, 6) is 6.90. The first-order valence-corrected chi connectivity index (χ1v) is 6.48. The van der Waals surface area contributed by atoms with E-state index in [1.54, 1.807) is 6.07 Å². The minimum atomic E-state index is 0.152. The fourth-order valence-electron chi connectivity index (χ4n) is 1.83. The molecule has 3 N–H and O–H groups in total. The van der Waals surface area contributed by atoms with Crippen molar-refractivity contribution >= 4 is 5.82 Å². The number of hydrazine groups is 1. The molecule has 1 aliphatic heterocycles. The molecule has 2 heterocycles. The van der Waals surface area contributed by atoms with Crippen molar-refractivity contribution in [3.05, 3.63) is 11.9 Å². The Kier molecular flexibility index (Phi) is 5.31. The summed E-state index contributed by atoms with van der Waals surface area (Å²) in [6, 6.07) is 1.66. The van der Waals surface area contributed by atoms with Crippen molar-refractivity contribution in [3.8, 4) is 5.88 Å². The third-order valence-corrected chi connectivity index (χ3v) is 2.77. The highest BCUT2D eigenvalue weighted by atomic mass is 16.5. The first kappa shape index (κ1) is 14.0. The summed E-state index contributed by atoms with van der Waals surface area (Å²) in [4.78, 5) is 8.46. The van der Waals surface area contributed by atoms with E-state index in [2.05, 4.69) is 15.4 Å². The molecule has 2 rings (SSSR count).